The zero-order chi connectivity index (χ0) is 15.1. The molecule has 0 aliphatic heterocycles. The van der Waals surface area contributed by atoms with E-state index in [1.165, 1.54) is 0 Å². The van der Waals surface area contributed by atoms with Gasteiger partial charge >= 0.3 is 18.0 Å². The van der Waals surface area contributed by atoms with E-state index in [0.717, 1.165) is 25.7 Å². The Morgan fingerprint density at radius 1 is 1.15 bits per heavy atom. The third-order valence-corrected chi connectivity index (χ3v) is 3.60. The van der Waals surface area contributed by atoms with Crippen LogP contribution in [0.4, 0.5) is 4.79 Å². The van der Waals surface area contributed by atoms with E-state index in [4.69, 9.17) is 10.2 Å². The maximum Gasteiger partial charge on any atom is 0.326 e. The number of carbonyl (C=O) groups is 3. The molecule has 1 unspecified atom stereocenters. The van der Waals surface area contributed by atoms with E-state index in [0.29, 0.717) is 5.92 Å². The molecule has 1 atom stereocenters. The standard InChI is InChI=1S/C13H22N2O5/c1-8-2-4-9(5-3-8)14-13(20)15-10(12(18)19)6-7-11(16)17/h8-10H,2-7H2,1H3,(H,16,17)(H,18,19)(H2,14,15,20). The molecule has 0 radical (unpaired) electrons. The molecule has 7 heteroatoms. The maximum atomic E-state index is 11.7. The van der Waals surface area contributed by atoms with Crippen LogP contribution < -0.4 is 10.6 Å². The third kappa shape index (κ3) is 5.90. The van der Waals surface area contributed by atoms with Gasteiger partial charge in [-0.05, 0) is 38.0 Å². The monoisotopic (exact) mass is 286 g/mol. The van der Waals surface area contributed by atoms with Crippen LogP contribution in [-0.4, -0.2) is 40.3 Å². The van der Waals surface area contributed by atoms with Gasteiger partial charge in [0.1, 0.15) is 6.04 Å². The minimum absolute atomic E-state index is 0.0696. The molecule has 0 saturated heterocycles. The summed E-state index contributed by atoms with van der Waals surface area (Å²) in [4.78, 5) is 33.1. The van der Waals surface area contributed by atoms with Crippen LogP contribution in [0.2, 0.25) is 0 Å². The largest absolute Gasteiger partial charge is 0.481 e. The Kier molecular flexibility index (Phi) is 6.27. The van der Waals surface area contributed by atoms with Crippen molar-refractivity contribution in [2.24, 2.45) is 5.92 Å². The Morgan fingerprint density at radius 3 is 2.25 bits per heavy atom. The number of carbonyl (C=O) groups excluding carboxylic acids is 1. The van der Waals surface area contributed by atoms with Crippen molar-refractivity contribution in [1.29, 1.82) is 0 Å². The number of carboxylic acid groups (broad SMARTS) is 2. The molecule has 0 heterocycles. The summed E-state index contributed by atoms with van der Waals surface area (Å²) in [7, 11) is 0. The van der Waals surface area contributed by atoms with Gasteiger partial charge in [-0.2, -0.15) is 0 Å². The van der Waals surface area contributed by atoms with Gasteiger partial charge < -0.3 is 20.8 Å². The van der Waals surface area contributed by atoms with Gasteiger partial charge in [0.05, 0.1) is 0 Å². The molecule has 114 valence electrons. The van der Waals surface area contributed by atoms with E-state index >= 15 is 0 Å². The van der Waals surface area contributed by atoms with Crippen LogP contribution in [-0.2, 0) is 9.59 Å². The van der Waals surface area contributed by atoms with Gasteiger partial charge in [-0.15, -0.1) is 0 Å². The second-order valence-electron chi connectivity index (χ2n) is 5.40. The SMILES string of the molecule is CC1CCC(NC(=O)NC(CCC(=O)O)C(=O)O)CC1. The Labute approximate surface area is 117 Å². The highest BCUT2D eigenvalue weighted by molar-refractivity contribution is 5.83. The number of hydrogen-bond acceptors (Lipinski definition) is 3. The number of urea groups is 1. The summed E-state index contributed by atoms with van der Waals surface area (Å²) in [6, 6.07) is -1.64. The van der Waals surface area contributed by atoms with E-state index in [2.05, 4.69) is 17.6 Å². The quantitative estimate of drug-likeness (QED) is 0.585. The first kappa shape index (κ1) is 16.3. The Hall–Kier alpha value is -1.79. The van der Waals surface area contributed by atoms with Crippen molar-refractivity contribution >= 4 is 18.0 Å². The van der Waals surface area contributed by atoms with E-state index in [1.54, 1.807) is 0 Å². The molecule has 0 aromatic heterocycles. The lowest BCUT2D eigenvalue weighted by Gasteiger charge is -2.27. The fourth-order valence-electron chi connectivity index (χ4n) is 2.31. The van der Waals surface area contributed by atoms with E-state index in [9.17, 15) is 14.4 Å². The number of carboxylic acids is 2. The second-order valence-corrected chi connectivity index (χ2v) is 5.40. The first-order chi connectivity index (χ1) is 9.38. The molecule has 1 fully saturated rings. The van der Waals surface area contributed by atoms with Gasteiger partial charge in [0, 0.05) is 12.5 Å². The van der Waals surface area contributed by atoms with Crippen molar-refractivity contribution in [3.05, 3.63) is 0 Å². The van der Waals surface area contributed by atoms with Crippen LogP contribution in [0.1, 0.15) is 45.4 Å². The molecule has 1 rings (SSSR count). The molecule has 20 heavy (non-hydrogen) atoms. The van der Waals surface area contributed by atoms with Gasteiger partial charge in [0.15, 0.2) is 0 Å². The number of aliphatic carboxylic acids is 2. The lowest BCUT2D eigenvalue weighted by Crippen LogP contribution is -2.49. The molecule has 1 saturated carbocycles. The highest BCUT2D eigenvalue weighted by Gasteiger charge is 2.24. The number of rotatable bonds is 6. The number of hydrogen-bond donors (Lipinski definition) is 4. The predicted octanol–water partition coefficient (Wildman–Crippen LogP) is 1.18. The van der Waals surface area contributed by atoms with Gasteiger partial charge in [0.2, 0.25) is 0 Å². The van der Waals surface area contributed by atoms with Crippen LogP contribution in [0.25, 0.3) is 0 Å². The molecule has 0 spiro atoms. The summed E-state index contributed by atoms with van der Waals surface area (Å²) >= 11 is 0. The predicted molar refractivity (Wildman–Crippen MR) is 71.4 cm³/mol. The normalized spacial score (nSPS) is 23.6. The summed E-state index contributed by atoms with van der Waals surface area (Å²) in [5.74, 6) is -1.64. The summed E-state index contributed by atoms with van der Waals surface area (Å²) < 4.78 is 0. The molecule has 0 aromatic rings. The van der Waals surface area contributed by atoms with Crippen LogP contribution in [0.5, 0.6) is 0 Å². The molecular weight excluding hydrogens is 264 g/mol. The van der Waals surface area contributed by atoms with Crippen LogP contribution in [0.3, 0.4) is 0 Å². The fraction of sp³-hybridized carbons (Fsp3) is 0.769. The first-order valence-electron chi connectivity index (χ1n) is 6.90. The average Bonchev–Trinajstić information content (AvgIpc) is 2.36. The van der Waals surface area contributed by atoms with Crippen LogP contribution >= 0.6 is 0 Å². The van der Waals surface area contributed by atoms with Gasteiger partial charge in [0.25, 0.3) is 0 Å². The second kappa shape index (κ2) is 7.72. The first-order valence-corrected chi connectivity index (χ1v) is 6.90. The number of amides is 2. The van der Waals surface area contributed by atoms with Gasteiger partial charge in [-0.3, -0.25) is 4.79 Å². The molecule has 1 aliphatic carbocycles. The van der Waals surface area contributed by atoms with E-state index < -0.39 is 24.0 Å². The molecular formula is C13H22N2O5. The number of nitrogens with one attached hydrogen (secondary N) is 2. The Morgan fingerprint density at radius 2 is 1.75 bits per heavy atom. The van der Waals surface area contributed by atoms with E-state index in [1.807, 2.05) is 0 Å². The fourth-order valence-corrected chi connectivity index (χ4v) is 2.31. The van der Waals surface area contributed by atoms with Crippen molar-refractivity contribution < 1.29 is 24.6 Å². The molecule has 1 aliphatic rings. The van der Waals surface area contributed by atoms with Crippen molar-refractivity contribution in [3.63, 3.8) is 0 Å². The van der Waals surface area contributed by atoms with Gasteiger partial charge in [-0.25, -0.2) is 9.59 Å². The average molecular weight is 286 g/mol. The van der Waals surface area contributed by atoms with Gasteiger partial charge in [-0.1, -0.05) is 6.92 Å². The van der Waals surface area contributed by atoms with Crippen molar-refractivity contribution in [3.8, 4) is 0 Å². The molecule has 7 nitrogen and oxygen atoms in total. The third-order valence-electron chi connectivity index (χ3n) is 3.60. The zero-order valence-electron chi connectivity index (χ0n) is 11.6. The Balaban J connectivity index is 2.37. The zero-order valence-corrected chi connectivity index (χ0v) is 11.6. The lowest BCUT2D eigenvalue weighted by atomic mass is 9.87. The summed E-state index contributed by atoms with van der Waals surface area (Å²) in [6.45, 7) is 2.17. The molecule has 2 amide bonds. The van der Waals surface area contributed by atoms with Crippen LogP contribution in [0.15, 0.2) is 0 Å². The molecule has 0 aromatic carbocycles. The summed E-state index contributed by atoms with van der Waals surface area (Å²) in [5, 5.41) is 22.6. The highest BCUT2D eigenvalue weighted by atomic mass is 16.4. The minimum Gasteiger partial charge on any atom is -0.481 e. The Bertz CT molecular complexity index is 364. The smallest absolute Gasteiger partial charge is 0.326 e. The molecule has 0 bridgehead atoms. The van der Waals surface area contributed by atoms with Crippen molar-refractivity contribution in [2.45, 2.75) is 57.5 Å². The minimum atomic E-state index is -1.22. The summed E-state index contributed by atoms with van der Waals surface area (Å²) in [5.41, 5.74) is 0. The summed E-state index contributed by atoms with van der Waals surface area (Å²) in [6.07, 6.45) is 3.46. The topological polar surface area (TPSA) is 116 Å². The van der Waals surface area contributed by atoms with Crippen molar-refractivity contribution in [2.75, 3.05) is 0 Å². The van der Waals surface area contributed by atoms with E-state index in [-0.39, 0.29) is 18.9 Å². The maximum absolute atomic E-state index is 11.7. The molecule has 4 N–H and O–H groups in total. The highest BCUT2D eigenvalue weighted by Crippen LogP contribution is 2.23. The van der Waals surface area contributed by atoms with Crippen LogP contribution in [0, 0.1) is 5.92 Å². The lowest BCUT2D eigenvalue weighted by molar-refractivity contribution is -0.140. The van der Waals surface area contributed by atoms with Crippen molar-refractivity contribution in [1.82, 2.24) is 10.6 Å².